The molecule has 0 aromatic rings. The van der Waals surface area contributed by atoms with Gasteiger partial charge in [-0.2, -0.15) is 0 Å². The number of hydrogen-bond acceptors (Lipinski definition) is 2. The van der Waals surface area contributed by atoms with Gasteiger partial charge in [-0.15, -0.1) is 0 Å². The van der Waals surface area contributed by atoms with Crippen molar-refractivity contribution in [1.29, 1.82) is 0 Å². The molecule has 1 amide bonds. The minimum absolute atomic E-state index is 0.0579. The first-order valence-electron chi connectivity index (χ1n) is 4.31. The fraction of sp³-hybridized carbons (Fsp3) is 0.875. The minimum Gasteiger partial charge on any atom is -0.368 e. The zero-order valence-corrected chi connectivity index (χ0v) is 6.62. The van der Waals surface area contributed by atoms with Crippen molar-refractivity contribution >= 4 is 5.91 Å². The van der Waals surface area contributed by atoms with E-state index in [1.807, 2.05) is 0 Å². The van der Waals surface area contributed by atoms with Gasteiger partial charge in [-0.25, -0.2) is 0 Å². The van der Waals surface area contributed by atoms with Gasteiger partial charge in [-0.3, -0.25) is 9.69 Å². The molecule has 2 aliphatic rings. The average molecular weight is 154 g/mol. The summed E-state index contributed by atoms with van der Waals surface area (Å²) in [6.45, 7) is 2.18. The Morgan fingerprint density at radius 3 is 3.00 bits per heavy atom. The van der Waals surface area contributed by atoms with Crippen molar-refractivity contribution in [2.75, 3.05) is 13.1 Å². The molecule has 3 atom stereocenters. The van der Waals surface area contributed by atoms with Gasteiger partial charge in [0.05, 0.1) is 6.04 Å². The first-order valence-corrected chi connectivity index (χ1v) is 4.31. The maximum Gasteiger partial charge on any atom is 0.234 e. The number of rotatable bonds is 1. The number of hydrogen-bond donors (Lipinski definition) is 1. The maximum atomic E-state index is 10.9. The highest BCUT2D eigenvalue weighted by atomic mass is 16.1. The Hall–Kier alpha value is -0.570. The topological polar surface area (TPSA) is 46.3 Å². The molecule has 3 unspecified atom stereocenters. The third-order valence-corrected chi connectivity index (χ3v) is 2.88. The quantitative estimate of drug-likeness (QED) is 0.576. The molecular formula is C8H14N2O. The van der Waals surface area contributed by atoms with Gasteiger partial charge in [-0.05, 0) is 31.7 Å². The van der Waals surface area contributed by atoms with Crippen molar-refractivity contribution < 1.29 is 4.79 Å². The molecule has 62 valence electrons. The number of primary amides is 1. The van der Waals surface area contributed by atoms with Gasteiger partial charge < -0.3 is 5.73 Å². The van der Waals surface area contributed by atoms with E-state index in [9.17, 15) is 4.79 Å². The Kier molecular flexibility index (Phi) is 1.60. The number of carbonyl (C=O) groups is 1. The van der Waals surface area contributed by atoms with Gasteiger partial charge in [-0.1, -0.05) is 0 Å². The van der Waals surface area contributed by atoms with E-state index in [4.69, 9.17) is 5.73 Å². The third kappa shape index (κ3) is 1.13. The van der Waals surface area contributed by atoms with E-state index in [1.165, 1.54) is 12.8 Å². The molecule has 2 bridgehead atoms. The first-order chi connectivity index (χ1) is 5.27. The Labute approximate surface area is 66.5 Å². The number of nitrogens with two attached hydrogens (primary N) is 1. The van der Waals surface area contributed by atoms with Crippen molar-refractivity contribution in [3.8, 4) is 0 Å². The summed E-state index contributed by atoms with van der Waals surface area (Å²) in [5.41, 5.74) is 5.27. The van der Waals surface area contributed by atoms with Crippen LogP contribution in [-0.4, -0.2) is 29.9 Å². The van der Waals surface area contributed by atoms with Crippen LogP contribution in [0.1, 0.15) is 19.3 Å². The normalized spacial score (nSPS) is 42.4. The Balaban J connectivity index is 2.08. The molecule has 0 aromatic carbocycles. The molecule has 0 aromatic heterocycles. The van der Waals surface area contributed by atoms with Crippen LogP contribution in [0.25, 0.3) is 0 Å². The van der Waals surface area contributed by atoms with Crippen LogP contribution >= 0.6 is 0 Å². The lowest BCUT2D eigenvalue weighted by Gasteiger charge is -2.24. The predicted octanol–water partition coefficient (Wildman–Crippen LogP) is -0.0440. The number of nitrogens with zero attached hydrogens (tertiary/aromatic N) is 1. The van der Waals surface area contributed by atoms with Crippen LogP contribution in [0.15, 0.2) is 0 Å². The van der Waals surface area contributed by atoms with Crippen LogP contribution in [0.5, 0.6) is 0 Å². The SMILES string of the molecule is NC(=O)C1CC2CCCN1C2. The van der Waals surface area contributed by atoms with E-state index in [0.29, 0.717) is 0 Å². The summed E-state index contributed by atoms with van der Waals surface area (Å²) in [5.74, 6) is 0.621. The summed E-state index contributed by atoms with van der Waals surface area (Å²) in [5, 5.41) is 0. The van der Waals surface area contributed by atoms with Crippen LogP contribution in [0, 0.1) is 5.92 Å². The van der Waals surface area contributed by atoms with Crippen LogP contribution in [-0.2, 0) is 4.79 Å². The molecule has 3 heteroatoms. The molecule has 2 heterocycles. The molecule has 2 fully saturated rings. The van der Waals surface area contributed by atoms with Gasteiger partial charge in [0, 0.05) is 6.54 Å². The van der Waals surface area contributed by atoms with Gasteiger partial charge in [0.15, 0.2) is 0 Å². The zero-order chi connectivity index (χ0) is 7.84. The fourth-order valence-corrected chi connectivity index (χ4v) is 2.33. The molecule has 2 saturated heterocycles. The highest BCUT2D eigenvalue weighted by molar-refractivity contribution is 5.80. The van der Waals surface area contributed by atoms with E-state index < -0.39 is 0 Å². The molecule has 0 radical (unpaired) electrons. The van der Waals surface area contributed by atoms with E-state index in [1.54, 1.807) is 0 Å². The highest BCUT2D eigenvalue weighted by Crippen LogP contribution is 2.31. The second-order valence-electron chi connectivity index (χ2n) is 3.66. The standard InChI is InChI=1S/C8H14N2O/c9-8(11)7-4-6-2-1-3-10(7)5-6/h6-7H,1-5H2,(H2,9,11). The highest BCUT2D eigenvalue weighted by Gasteiger charge is 2.37. The summed E-state index contributed by atoms with van der Waals surface area (Å²) in [6, 6.07) is 0.0579. The Morgan fingerprint density at radius 1 is 1.55 bits per heavy atom. The second-order valence-corrected chi connectivity index (χ2v) is 3.66. The lowest BCUT2D eigenvalue weighted by atomic mass is 10.00. The number of amides is 1. The second kappa shape index (κ2) is 2.48. The molecule has 0 aliphatic carbocycles. The van der Waals surface area contributed by atoms with E-state index in [2.05, 4.69) is 4.90 Å². The lowest BCUT2D eigenvalue weighted by molar-refractivity contribution is -0.122. The summed E-state index contributed by atoms with van der Waals surface area (Å²) in [7, 11) is 0. The predicted molar refractivity (Wildman–Crippen MR) is 41.9 cm³/mol. The zero-order valence-electron chi connectivity index (χ0n) is 6.62. The third-order valence-electron chi connectivity index (χ3n) is 2.88. The minimum atomic E-state index is -0.130. The molecule has 11 heavy (non-hydrogen) atoms. The van der Waals surface area contributed by atoms with Crippen molar-refractivity contribution in [3.63, 3.8) is 0 Å². The van der Waals surface area contributed by atoms with E-state index in [0.717, 1.165) is 25.4 Å². The smallest absolute Gasteiger partial charge is 0.234 e. The molecule has 2 N–H and O–H groups in total. The average Bonchev–Trinajstić information content (AvgIpc) is 2.27. The largest absolute Gasteiger partial charge is 0.368 e. The van der Waals surface area contributed by atoms with Crippen LogP contribution in [0.2, 0.25) is 0 Å². The van der Waals surface area contributed by atoms with Gasteiger partial charge in [0.2, 0.25) is 5.91 Å². The number of fused-ring (bicyclic) bond motifs is 2. The molecule has 0 spiro atoms. The van der Waals surface area contributed by atoms with E-state index in [-0.39, 0.29) is 11.9 Å². The fourth-order valence-electron chi connectivity index (χ4n) is 2.33. The summed E-state index contributed by atoms with van der Waals surface area (Å²) < 4.78 is 0. The Bertz CT molecular complexity index is 181. The molecular weight excluding hydrogens is 140 g/mol. The summed E-state index contributed by atoms with van der Waals surface area (Å²) in [6.07, 6.45) is 3.55. The van der Waals surface area contributed by atoms with Gasteiger partial charge >= 0.3 is 0 Å². The van der Waals surface area contributed by atoms with Gasteiger partial charge in [0.1, 0.15) is 0 Å². The molecule has 3 nitrogen and oxygen atoms in total. The maximum absolute atomic E-state index is 10.9. The number of carbonyl (C=O) groups excluding carboxylic acids is 1. The van der Waals surface area contributed by atoms with Crippen molar-refractivity contribution in [1.82, 2.24) is 4.90 Å². The van der Waals surface area contributed by atoms with E-state index >= 15 is 0 Å². The first kappa shape index (κ1) is 7.10. The van der Waals surface area contributed by atoms with Crippen LogP contribution < -0.4 is 5.73 Å². The van der Waals surface area contributed by atoms with Crippen molar-refractivity contribution in [3.05, 3.63) is 0 Å². The molecule has 2 rings (SSSR count). The molecule has 2 aliphatic heterocycles. The monoisotopic (exact) mass is 154 g/mol. The number of piperidine rings is 1. The molecule has 0 saturated carbocycles. The van der Waals surface area contributed by atoms with Crippen LogP contribution in [0.4, 0.5) is 0 Å². The summed E-state index contributed by atoms with van der Waals surface area (Å²) in [4.78, 5) is 13.2. The van der Waals surface area contributed by atoms with Gasteiger partial charge in [0.25, 0.3) is 0 Å². The Morgan fingerprint density at radius 2 is 2.36 bits per heavy atom. The van der Waals surface area contributed by atoms with Crippen molar-refractivity contribution in [2.45, 2.75) is 25.3 Å². The lowest BCUT2D eigenvalue weighted by Crippen LogP contribution is -2.41. The summed E-state index contributed by atoms with van der Waals surface area (Å²) >= 11 is 0. The van der Waals surface area contributed by atoms with Crippen LogP contribution in [0.3, 0.4) is 0 Å². The van der Waals surface area contributed by atoms with Crippen molar-refractivity contribution in [2.24, 2.45) is 11.7 Å².